The Morgan fingerprint density at radius 2 is 2.00 bits per heavy atom. The second kappa shape index (κ2) is 7.56. The standard InChI is InChI=1S/C15H19N3O4/c1-11(19)16-7-6-14(20)17-12-2-4-13(5-3-12)18-8-9-22-10-15(18)21/h2-5H,6-10H2,1H3,(H,16,19)(H,17,20). The van der Waals surface area contributed by atoms with Crippen LogP contribution in [-0.4, -0.2) is 44.0 Å². The first-order valence-corrected chi connectivity index (χ1v) is 7.09. The maximum atomic E-state index is 11.7. The lowest BCUT2D eigenvalue weighted by molar-refractivity contribution is -0.125. The van der Waals surface area contributed by atoms with E-state index in [0.717, 1.165) is 5.69 Å². The molecule has 0 saturated carbocycles. The highest BCUT2D eigenvalue weighted by Gasteiger charge is 2.19. The second-order valence-electron chi connectivity index (χ2n) is 4.93. The Morgan fingerprint density at radius 1 is 1.27 bits per heavy atom. The molecule has 1 saturated heterocycles. The van der Waals surface area contributed by atoms with Gasteiger partial charge in [0.05, 0.1) is 6.61 Å². The van der Waals surface area contributed by atoms with E-state index in [-0.39, 0.29) is 30.7 Å². The highest BCUT2D eigenvalue weighted by molar-refractivity contribution is 5.95. The lowest BCUT2D eigenvalue weighted by Gasteiger charge is -2.26. The Balaban J connectivity index is 1.87. The van der Waals surface area contributed by atoms with E-state index < -0.39 is 0 Å². The fraction of sp³-hybridized carbons (Fsp3) is 0.400. The largest absolute Gasteiger partial charge is 0.370 e. The van der Waals surface area contributed by atoms with Crippen molar-refractivity contribution in [2.75, 3.05) is 36.5 Å². The summed E-state index contributed by atoms with van der Waals surface area (Å²) in [6, 6.07) is 7.06. The van der Waals surface area contributed by atoms with Gasteiger partial charge in [-0.1, -0.05) is 0 Å². The number of nitrogens with zero attached hydrogens (tertiary/aromatic N) is 1. The van der Waals surface area contributed by atoms with Crippen LogP contribution in [0.4, 0.5) is 11.4 Å². The van der Waals surface area contributed by atoms with Crippen molar-refractivity contribution in [2.24, 2.45) is 0 Å². The molecule has 1 aromatic rings. The number of morpholine rings is 1. The third-order valence-corrected chi connectivity index (χ3v) is 3.17. The first kappa shape index (κ1) is 16.0. The van der Waals surface area contributed by atoms with E-state index >= 15 is 0 Å². The van der Waals surface area contributed by atoms with Crippen molar-refractivity contribution in [1.82, 2.24) is 5.32 Å². The van der Waals surface area contributed by atoms with Crippen molar-refractivity contribution in [3.63, 3.8) is 0 Å². The van der Waals surface area contributed by atoms with Crippen molar-refractivity contribution in [3.05, 3.63) is 24.3 Å². The normalized spacial score (nSPS) is 14.6. The summed E-state index contributed by atoms with van der Waals surface area (Å²) in [5.41, 5.74) is 1.43. The van der Waals surface area contributed by atoms with Gasteiger partial charge in [-0.05, 0) is 24.3 Å². The summed E-state index contributed by atoms with van der Waals surface area (Å²) in [5.74, 6) is -0.408. The number of anilines is 2. The molecular weight excluding hydrogens is 286 g/mol. The van der Waals surface area contributed by atoms with Crippen molar-refractivity contribution in [2.45, 2.75) is 13.3 Å². The van der Waals surface area contributed by atoms with E-state index in [2.05, 4.69) is 10.6 Å². The molecule has 0 bridgehead atoms. The zero-order chi connectivity index (χ0) is 15.9. The van der Waals surface area contributed by atoms with Crippen LogP contribution < -0.4 is 15.5 Å². The minimum Gasteiger partial charge on any atom is -0.370 e. The molecule has 1 aliphatic heterocycles. The molecule has 0 radical (unpaired) electrons. The van der Waals surface area contributed by atoms with Crippen molar-refractivity contribution in [1.29, 1.82) is 0 Å². The summed E-state index contributed by atoms with van der Waals surface area (Å²) in [6.45, 7) is 2.86. The molecule has 7 nitrogen and oxygen atoms in total. The topological polar surface area (TPSA) is 87.7 Å². The molecule has 1 aromatic carbocycles. The molecule has 0 atom stereocenters. The van der Waals surface area contributed by atoms with Gasteiger partial charge in [0.2, 0.25) is 11.8 Å². The molecule has 3 amide bonds. The summed E-state index contributed by atoms with van der Waals surface area (Å²) < 4.78 is 5.09. The van der Waals surface area contributed by atoms with Gasteiger partial charge >= 0.3 is 0 Å². The number of carbonyl (C=O) groups is 3. The summed E-state index contributed by atoms with van der Waals surface area (Å²) in [6.07, 6.45) is 0.212. The van der Waals surface area contributed by atoms with Gasteiger partial charge in [-0.2, -0.15) is 0 Å². The second-order valence-corrected chi connectivity index (χ2v) is 4.93. The third kappa shape index (κ3) is 4.56. The molecule has 0 unspecified atom stereocenters. The highest BCUT2D eigenvalue weighted by Crippen LogP contribution is 2.19. The van der Waals surface area contributed by atoms with Crippen LogP contribution in [0, 0.1) is 0 Å². The van der Waals surface area contributed by atoms with Gasteiger partial charge in [0.15, 0.2) is 0 Å². The van der Waals surface area contributed by atoms with Gasteiger partial charge in [-0.3, -0.25) is 14.4 Å². The van der Waals surface area contributed by atoms with Crippen LogP contribution in [0.3, 0.4) is 0 Å². The molecule has 2 rings (SSSR count). The quantitative estimate of drug-likeness (QED) is 0.830. The number of amides is 3. The fourth-order valence-corrected chi connectivity index (χ4v) is 2.09. The van der Waals surface area contributed by atoms with Gasteiger partial charge in [0, 0.05) is 37.8 Å². The fourth-order valence-electron chi connectivity index (χ4n) is 2.09. The Morgan fingerprint density at radius 3 is 2.64 bits per heavy atom. The monoisotopic (exact) mass is 305 g/mol. The van der Waals surface area contributed by atoms with E-state index in [0.29, 0.717) is 25.4 Å². The van der Waals surface area contributed by atoms with Crippen LogP contribution in [0.5, 0.6) is 0 Å². The maximum absolute atomic E-state index is 11.7. The van der Waals surface area contributed by atoms with Crippen molar-refractivity contribution >= 4 is 29.1 Å². The molecule has 0 spiro atoms. The predicted octanol–water partition coefficient (Wildman–Crippen LogP) is 0.514. The van der Waals surface area contributed by atoms with Crippen molar-refractivity contribution < 1.29 is 19.1 Å². The first-order valence-electron chi connectivity index (χ1n) is 7.09. The Labute approximate surface area is 128 Å². The average molecular weight is 305 g/mol. The summed E-state index contributed by atoms with van der Waals surface area (Å²) >= 11 is 0. The third-order valence-electron chi connectivity index (χ3n) is 3.17. The number of ether oxygens (including phenoxy) is 1. The molecule has 22 heavy (non-hydrogen) atoms. The summed E-state index contributed by atoms with van der Waals surface area (Å²) in [7, 11) is 0. The Bertz CT molecular complexity index is 556. The first-order chi connectivity index (χ1) is 10.6. The number of hydrogen-bond acceptors (Lipinski definition) is 4. The van der Waals surface area contributed by atoms with E-state index in [9.17, 15) is 14.4 Å². The maximum Gasteiger partial charge on any atom is 0.253 e. The van der Waals surface area contributed by atoms with Crippen LogP contribution in [0.25, 0.3) is 0 Å². The van der Waals surface area contributed by atoms with Gasteiger partial charge in [-0.15, -0.1) is 0 Å². The zero-order valence-corrected chi connectivity index (χ0v) is 12.4. The van der Waals surface area contributed by atoms with Crippen LogP contribution in [0.15, 0.2) is 24.3 Å². The number of hydrogen-bond donors (Lipinski definition) is 2. The van der Waals surface area contributed by atoms with Crippen LogP contribution in [-0.2, 0) is 19.1 Å². The Kier molecular flexibility index (Phi) is 5.48. The molecule has 1 heterocycles. The molecule has 0 aliphatic carbocycles. The minimum absolute atomic E-state index is 0.0710. The van der Waals surface area contributed by atoms with E-state index in [1.54, 1.807) is 29.2 Å². The number of benzene rings is 1. The molecular formula is C15H19N3O4. The van der Waals surface area contributed by atoms with Crippen LogP contribution in [0.1, 0.15) is 13.3 Å². The number of rotatable bonds is 5. The van der Waals surface area contributed by atoms with Gasteiger partial charge < -0.3 is 20.3 Å². The molecule has 7 heteroatoms. The predicted molar refractivity (Wildman–Crippen MR) is 81.5 cm³/mol. The smallest absolute Gasteiger partial charge is 0.253 e. The summed E-state index contributed by atoms with van der Waals surface area (Å²) in [4.78, 5) is 35.8. The zero-order valence-electron chi connectivity index (χ0n) is 12.4. The highest BCUT2D eigenvalue weighted by atomic mass is 16.5. The summed E-state index contributed by atoms with van der Waals surface area (Å²) in [5, 5.41) is 5.30. The van der Waals surface area contributed by atoms with E-state index in [1.807, 2.05) is 0 Å². The lowest BCUT2D eigenvalue weighted by Crippen LogP contribution is -2.41. The van der Waals surface area contributed by atoms with E-state index in [4.69, 9.17) is 4.74 Å². The SMILES string of the molecule is CC(=O)NCCC(=O)Nc1ccc(N2CCOCC2=O)cc1. The average Bonchev–Trinajstić information content (AvgIpc) is 2.48. The number of carbonyl (C=O) groups excluding carboxylic acids is 3. The molecule has 118 valence electrons. The molecule has 0 aromatic heterocycles. The van der Waals surface area contributed by atoms with Crippen LogP contribution >= 0.6 is 0 Å². The number of nitrogens with one attached hydrogen (secondary N) is 2. The molecule has 1 aliphatic rings. The van der Waals surface area contributed by atoms with Gasteiger partial charge in [0.1, 0.15) is 6.61 Å². The van der Waals surface area contributed by atoms with Crippen molar-refractivity contribution in [3.8, 4) is 0 Å². The van der Waals surface area contributed by atoms with Crippen LogP contribution in [0.2, 0.25) is 0 Å². The molecule has 2 N–H and O–H groups in total. The molecule has 1 fully saturated rings. The van der Waals surface area contributed by atoms with E-state index in [1.165, 1.54) is 6.92 Å². The lowest BCUT2D eigenvalue weighted by atomic mass is 10.2. The minimum atomic E-state index is -0.177. The van der Waals surface area contributed by atoms with Gasteiger partial charge in [-0.25, -0.2) is 0 Å². The Hall–Kier alpha value is -2.41. The van der Waals surface area contributed by atoms with Gasteiger partial charge in [0.25, 0.3) is 5.91 Å².